The zero-order valence-corrected chi connectivity index (χ0v) is 14.3. The molecule has 2 rings (SSSR count). The summed E-state index contributed by atoms with van der Waals surface area (Å²) in [7, 11) is -4.41. The standard InChI is InChI=1S/C13H8BrF3N2O5S/c14-10-3-1-7(5-9(10)13(15,16)17)18-25(23,24)8-2-4-12(20)11(6-8)19(21)22/h1-6,18,20H. The topological polar surface area (TPSA) is 110 Å². The van der Waals surface area contributed by atoms with Crippen LogP contribution >= 0.6 is 15.9 Å². The lowest BCUT2D eigenvalue weighted by atomic mass is 10.2. The van der Waals surface area contributed by atoms with Crippen LogP contribution in [0.25, 0.3) is 0 Å². The summed E-state index contributed by atoms with van der Waals surface area (Å²) in [4.78, 5) is 9.17. The molecule has 0 bridgehead atoms. The average molecular weight is 441 g/mol. The second-order valence-corrected chi connectivity index (χ2v) is 7.24. The van der Waals surface area contributed by atoms with Crippen molar-refractivity contribution in [3.05, 3.63) is 56.5 Å². The molecule has 25 heavy (non-hydrogen) atoms. The highest BCUT2D eigenvalue weighted by Crippen LogP contribution is 2.37. The smallest absolute Gasteiger partial charge is 0.417 e. The van der Waals surface area contributed by atoms with Crippen LogP contribution in [0.1, 0.15) is 5.56 Å². The van der Waals surface area contributed by atoms with E-state index in [1.54, 1.807) is 0 Å². The van der Waals surface area contributed by atoms with Crippen molar-refractivity contribution in [1.82, 2.24) is 0 Å². The molecule has 0 fully saturated rings. The maximum atomic E-state index is 12.9. The van der Waals surface area contributed by atoms with Gasteiger partial charge in [-0.3, -0.25) is 14.8 Å². The number of nitrogens with zero attached hydrogens (tertiary/aromatic N) is 1. The summed E-state index contributed by atoms with van der Waals surface area (Å²) in [6.45, 7) is 0. The Morgan fingerprint density at radius 1 is 1.16 bits per heavy atom. The number of rotatable bonds is 4. The van der Waals surface area contributed by atoms with Crippen molar-refractivity contribution in [3.63, 3.8) is 0 Å². The van der Waals surface area contributed by atoms with Crippen molar-refractivity contribution in [3.8, 4) is 5.75 Å². The maximum Gasteiger partial charge on any atom is 0.417 e. The molecule has 0 saturated carbocycles. The van der Waals surface area contributed by atoms with Crippen LogP contribution in [-0.2, 0) is 16.2 Å². The average Bonchev–Trinajstić information content (AvgIpc) is 2.47. The van der Waals surface area contributed by atoms with Crippen LogP contribution in [0.15, 0.2) is 45.8 Å². The molecule has 0 atom stereocenters. The normalized spacial score (nSPS) is 12.0. The number of hydrogen-bond donors (Lipinski definition) is 2. The minimum atomic E-state index is -4.71. The Morgan fingerprint density at radius 3 is 2.36 bits per heavy atom. The molecule has 0 aliphatic rings. The first-order chi connectivity index (χ1) is 11.4. The number of nitrogens with one attached hydrogen (secondary N) is 1. The molecule has 0 radical (unpaired) electrons. The maximum absolute atomic E-state index is 12.9. The van der Waals surface area contributed by atoms with Crippen molar-refractivity contribution in [2.24, 2.45) is 0 Å². The molecule has 0 spiro atoms. The first-order valence-corrected chi connectivity index (χ1v) is 8.56. The predicted octanol–water partition coefficient (Wildman–Crippen LogP) is 3.88. The Hall–Kier alpha value is -2.34. The number of nitro groups is 1. The fraction of sp³-hybridized carbons (Fsp3) is 0.0769. The molecule has 2 N–H and O–H groups in total. The van der Waals surface area contributed by atoms with E-state index in [1.807, 2.05) is 4.72 Å². The Morgan fingerprint density at radius 2 is 1.80 bits per heavy atom. The van der Waals surface area contributed by atoms with Gasteiger partial charge in [-0.2, -0.15) is 13.2 Å². The van der Waals surface area contributed by atoms with E-state index in [2.05, 4.69) is 15.9 Å². The highest BCUT2D eigenvalue weighted by atomic mass is 79.9. The molecule has 0 aliphatic carbocycles. The van der Waals surface area contributed by atoms with Gasteiger partial charge in [0.15, 0.2) is 5.75 Å². The molecule has 0 amide bonds. The second-order valence-electron chi connectivity index (χ2n) is 4.71. The van der Waals surface area contributed by atoms with Crippen molar-refractivity contribution in [2.75, 3.05) is 4.72 Å². The van der Waals surface area contributed by atoms with Crippen LogP contribution in [0.4, 0.5) is 24.5 Å². The van der Waals surface area contributed by atoms with Crippen molar-refractivity contribution >= 4 is 37.3 Å². The van der Waals surface area contributed by atoms with Gasteiger partial charge in [-0.1, -0.05) is 15.9 Å². The predicted molar refractivity (Wildman–Crippen MR) is 84.7 cm³/mol. The van der Waals surface area contributed by atoms with Gasteiger partial charge in [-0.05, 0) is 30.3 Å². The number of anilines is 1. The molecule has 0 aliphatic heterocycles. The zero-order chi connectivity index (χ0) is 19.0. The van der Waals surface area contributed by atoms with E-state index in [-0.39, 0.29) is 10.2 Å². The van der Waals surface area contributed by atoms with Crippen molar-refractivity contribution in [1.29, 1.82) is 0 Å². The number of phenols is 1. The number of phenolic OH excluding ortho intramolecular Hbond substituents is 1. The molecule has 7 nitrogen and oxygen atoms in total. The second kappa shape index (κ2) is 6.52. The molecular weight excluding hydrogens is 433 g/mol. The van der Waals surface area contributed by atoms with Gasteiger partial charge in [0, 0.05) is 16.2 Å². The number of alkyl halides is 3. The fourth-order valence-corrected chi connectivity index (χ4v) is 3.38. The van der Waals surface area contributed by atoms with E-state index < -0.39 is 43.0 Å². The Balaban J connectivity index is 2.43. The van der Waals surface area contributed by atoms with Crippen LogP contribution < -0.4 is 4.72 Å². The lowest BCUT2D eigenvalue weighted by Crippen LogP contribution is -2.14. The summed E-state index contributed by atoms with van der Waals surface area (Å²) in [5.74, 6) is -0.744. The van der Waals surface area contributed by atoms with E-state index in [0.29, 0.717) is 12.1 Å². The molecule has 0 saturated heterocycles. The van der Waals surface area contributed by atoms with Gasteiger partial charge >= 0.3 is 11.9 Å². The van der Waals surface area contributed by atoms with E-state index >= 15 is 0 Å². The molecule has 0 aromatic heterocycles. The quantitative estimate of drug-likeness (QED) is 0.553. The molecular formula is C13H8BrF3N2O5S. The summed E-state index contributed by atoms with van der Waals surface area (Å²) in [5, 5.41) is 20.1. The summed E-state index contributed by atoms with van der Waals surface area (Å²) < 4.78 is 64.7. The number of benzene rings is 2. The SMILES string of the molecule is O=[N+]([O-])c1cc(S(=O)(=O)Nc2ccc(Br)c(C(F)(F)F)c2)ccc1O. The number of hydrogen-bond acceptors (Lipinski definition) is 5. The van der Waals surface area contributed by atoms with Gasteiger partial charge in [0.25, 0.3) is 10.0 Å². The van der Waals surface area contributed by atoms with Gasteiger partial charge < -0.3 is 5.11 Å². The Bertz CT molecular complexity index is 947. The minimum absolute atomic E-state index is 0.275. The molecule has 0 heterocycles. The van der Waals surface area contributed by atoms with Gasteiger partial charge in [-0.15, -0.1) is 0 Å². The van der Waals surface area contributed by atoms with Gasteiger partial charge in [-0.25, -0.2) is 8.42 Å². The largest absolute Gasteiger partial charge is 0.502 e. The summed E-state index contributed by atoms with van der Waals surface area (Å²) >= 11 is 2.72. The Labute approximate surface area is 147 Å². The first kappa shape index (κ1) is 19.0. The van der Waals surface area contributed by atoms with E-state index in [0.717, 1.165) is 24.3 Å². The number of sulfonamides is 1. The van der Waals surface area contributed by atoms with Crippen LogP contribution in [0.5, 0.6) is 5.75 Å². The highest BCUT2D eigenvalue weighted by molar-refractivity contribution is 9.10. The third-order valence-electron chi connectivity index (χ3n) is 2.98. The highest BCUT2D eigenvalue weighted by Gasteiger charge is 2.33. The van der Waals surface area contributed by atoms with Crippen molar-refractivity contribution in [2.45, 2.75) is 11.1 Å². The molecule has 2 aromatic carbocycles. The van der Waals surface area contributed by atoms with Gasteiger partial charge in [0.05, 0.1) is 15.4 Å². The van der Waals surface area contributed by atoms with Crippen molar-refractivity contribution < 1.29 is 31.6 Å². The minimum Gasteiger partial charge on any atom is -0.502 e. The molecule has 12 heteroatoms. The summed E-state index contributed by atoms with van der Waals surface area (Å²) in [6, 6.07) is 4.97. The number of halogens is 4. The zero-order valence-electron chi connectivity index (χ0n) is 11.9. The van der Waals surface area contributed by atoms with E-state index in [1.165, 1.54) is 0 Å². The van der Waals surface area contributed by atoms with Gasteiger partial charge in [0.1, 0.15) is 0 Å². The third-order valence-corrected chi connectivity index (χ3v) is 5.05. The van der Waals surface area contributed by atoms with E-state index in [4.69, 9.17) is 0 Å². The number of aromatic hydroxyl groups is 1. The Kier molecular flexibility index (Phi) is 4.95. The molecule has 134 valence electrons. The summed E-state index contributed by atoms with van der Waals surface area (Å²) in [6.07, 6.45) is -4.71. The fourth-order valence-electron chi connectivity index (χ4n) is 1.84. The number of nitro benzene ring substituents is 1. The lowest BCUT2D eigenvalue weighted by Gasteiger charge is -2.13. The van der Waals surface area contributed by atoms with Crippen LogP contribution in [-0.4, -0.2) is 18.4 Å². The lowest BCUT2D eigenvalue weighted by molar-refractivity contribution is -0.386. The molecule has 2 aromatic rings. The van der Waals surface area contributed by atoms with Crippen LogP contribution in [0.3, 0.4) is 0 Å². The summed E-state index contributed by atoms with van der Waals surface area (Å²) in [5.41, 5.74) is -2.33. The molecule has 0 unspecified atom stereocenters. The van der Waals surface area contributed by atoms with E-state index in [9.17, 15) is 36.8 Å². The van der Waals surface area contributed by atoms with Crippen LogP contribution in [0, 0.1) is 10.1 Å². The third kappa shape index (κ3) is 4.20. The van der Waals surface area contributed by atoms with Gasteiger partial charge in [0.2, 0.25) is 0 Å². The van der Waals surface area contributed by atoms with Crippen LogP contribution in [0.2, 0.25) is 0 Å². The monoisotopic (exact) mass is 440 g/mol. The first-order valence-electron chi connectivity index (χ1n) is 6.29.